The molecule has 20 heavy (non-hydrogen) atoms. The van der Waals surface area contributed by atoms with Crippen molar-refractivity contribution in [2.24, 2.45) is 5.73 Å². The number of benzene rings is 1. The van der Waals surface area contributed by atoms with Crippen LogP contribution >= 0.6 is 0 Å². The van der Waals surface area contributed by atoms with E-state index < -0.39 is 12.1 Å². The number of ether oxygens (including phenoxy) is 1. The molecule has 1 aliphatic heterocycles. The molecule has 3 N–H and O–H groups in total. The van der Waals surface area contributed by atoms with E-state index >= 15 is 0 Å². The van der Waals surface area contributed by atoms with E-state index in [9.17, 15) is 9.59 Å². The topological polar surface area (TPSA) is 92.9 Å². The molecule has 108 valence electrons. The third-order valence-corrected chi connectivity index (χ3v) is 3.48. The van der Waals surface area contributed by atoms with Gasteiger partial charge in [0.05, 0.1) is 11.7 Å². The van der Waals surface area contributed by atoms with Gasteiger partial charge in [-0.2, -0.15) is 0 Å². The summed E-state index contributed by atoms with van der Waals surface area (Å²) in [5.74, 6) is -1.13. The molecule has 2 rings (SSSR count). The number of rotatable bonds is 4. The molecule has 0 radical (unpaired) electrons. The van der Waals surface area contributed by atoms with Crippen LogP contribution in [0, 0.1) is 0 Å². The molecule has 6 nitrogen and oxygen atoms in total. The molecule has 1 aromatic carbocycles. The van der Waals surface area contributed by atoms with Crippen LogP contribution in [0.3, 0.4) is 0 Å². The lowest BCUT2D eigenvalue weighted by Gasteiger charge is -2.21. The lowest BCUT2D eigenvalue weighted by atomic mass is 10.1. The van der Waals surface area contributed by atoms with E-state index in [4.69, 9.17) is 15.6 Å². The number of carboxylic acid groups (broad SMARTS) is 1. The third-order valence-electron chi connectivity index (χ3n) is 3.48. The second-order valence-corrected chi connectivity index (χ2v) is 4.81. The zero-order chi connectivity index (χ0) is 14.7. The van der Waals surface area contributed by atoms with Crippen molar-refractivity contribution in [3.05, 3.63) is 29.8 Å². The fourth-order valence-corrected chi connectivity index (χ4v) is 2.23. The first-order chi connectivity index (χ1) is 9.52. The molecule has 1 heterocycles. The van der Waals surface area contributed by atoms with Gasteiger partial charge in [-0.05, 0) is 37.1 Å². The minimum Gasteiger partial charge on any atom is -0.478 e. The van der Waals surface area contributed by atoms with E-state index in [1.165, 1.54) is 17.0 Å². The number of nitrogens with zero attached hydrogens (tertiary/aromatic N) is 1. The van der Waals surface area contributed by atoms with Crippen molar-refractivity contribution < 1.29 is 19.4 Å². The summed E-state index contributed by atoms with van der Waals surface area (Å²) < 4.78 is 5.57. The predicted octanol–water partition coefficient (Wildman–Crippen LogP) is 0.854. The molecule has 0 spiro atoms. The maximum Gasteiger partial charge on any atom is 0.335 e. The molecule has 1 fully saturated rings. The summed E-state index contributed by atoms with van der Waals surface area (Å²) in [4.78, 5) is 24.5. The molecule has 0 aliphatic carbocycles. The van der Waals surface area contributed by atoms with Gasteiger partial charge in [0, 0.05) is 19.3 Å². The van der Waals surface area contributed by atoms with Crippen LogP contribution < -0.4 is 10.6 Å². The van der Waals surface area contributed by atoms with E-state index in [-0.39, 0.29) is 17.6 Å². The van der Waals surface area contributed by atoms with Gasteiger partial charge in [0.1, 0.15) is 6.10 Å². The number of likely N-dealkylation sites (N-methyl/N-ethyl adjacent to an activating group) is 1. The third kappa shape index (κ3) is 2.97. The van der Waals surface area contributed by atoms with Gasteiger partial charge in [-0.1, -0.05) is 0 Å². The van der Waals surface area contributed by atoms with Crippen molar-refractivity contribution in [1.29, 1.82) is 0 Å². The molecule has 0 aromatic heterocycles. The number of carbonyl (C=O) groups is 2. The first-order valence-corrected chi connectivity index (χ1v) is 6.49. The van der Waals surface area contributed by atoms with E-state index in [0.29, 0.717) is 18.7 Å². The number of amides is 1. The summed E-state index contributed by atoms with van der Waals surface area (Å²) in [6.07, 6.45) is 0.941. The Kier molecular flexibility index (Phi) is 4.36. The second kappa shape index (κ2) is 6.02. The van der Waals surface area contributed by atoms with Crippen LogP contribution in [0.1, 0.15) is 23.2 Å². The lowest BCUT2D eigenvalue weighted by Crippen LogP contribution is -2.37. The molecular weight excluding hydrogens is 260 g/mol. The Labute approximate surface area is 117 Å². The largest absolute Gasteiger partial charge is 0.478 e. The van der Waals surface area contributed by atoms with Crippen molar-refractivity contribution in [2.45, 2.75) is 25.0 Å². The van der Waals surface area contributed by atoms with Crippen molar-refractivity contribution in [3.63, 3.8) is 0 Å². The average molecular weight is 278 g/mol. The summed E-state index contributed by atoms with van der Waals surface area (Å²) in [6, 6.07) is 6.16. The molecule has 0 bridgehead atoms. The quantitative estimate of drug-likeness (QED) is 0.852. The molecule has 1 aromatic rings. The highest BCUT2D eigenvalue weighted by atomic mass is 16.5. The van der Waals surface area contributed by atoms with Gasteiger partial charge in [0.25, 0.3) is 5.91 Å². The van der Waals surface area contributed by atoms with Crippen LogP contribution in [-0.2, 0) is 9.53 Å². The van der Waals surface area contributed by atoms with Crippen LogP contribution in [0.5, 0.6) is 0 Å². The van der Waals surface area contributed by atoms with Crippen LogP contribution in [0.25, 0.3) is 0 Å². The van der Waals surface area contributed by atoms with E-state index in [0.717, 1.165) is 6.42 Å². The Bertz CT molecular complexity index is 500. The monoisotopic (exact) mass is 278 g/mol. The van der Waals surface area contributed by atoms with Gasteiger partial charge in [-0.25, -0.2) is 4.79 Å². The smallest absolute Gasteiger partial charge is 0.335 e. The highest BCUT2D eigenvalue weighted by Gasteiger charge is 2.32. The van der Waals surface area contributed by atoms with E-state index in [1.807, 2.05) is 0 Å². The number of carbonyl (C=O) groups excluding carboxylic acids is 1. The predicted molar refractivity (Wildman–Crippen MR) is 73.8 cm³/mol. The second-order valence-electron chi connectivity index (χ2n) is 4.81. The highest BCUT2D eigenvalue weighted by molar-refractivity contribution is 5.97. The zero-order valence-electron chi connectivity index (χ0n) is 11.3. The number of aromatic carboxylic acids is 1. The number of hydrogen-bond donors (Lipinski definition) is 2. The maximum absolute atomic E-state index is 12.3. The van der Waals surface area contributed by atoms with Crippen molar-refractivity contribution in [2.75, 3.05) is 18.5 Å². The lowest BCUT2D eigenvalue weighted by molar-refractivity contribution is -0.128. The minimum absolute atomic E-state index is 0.0493. The van der Waals surface area contributed by atoms with Crippen LogP contribution in [0.4, 0.5) is 5.69 Å². The number of anilines is 1. The molecule has 2 unspecified atom stereocenters. The summed E-state index contributed by atoms with van der Waals surface area (Å²) in [6.45, 7) is 0.417. The fraction of sp³-hybridized carbons (Fsp3) is 0.429. The van der Waals surface area contributed by atoms with Crippen molar-refractivity contribution in [1.82, 2.24) is 0 Å². The van der Waals surface area contributed by atoms with Crippen LogP contribution in [-0.4, -0.2) is 42.8 Å². The van der Waals surface area contributed by atoms with Gasteiger partial charge in [-0.3, -0.25) is 4.79 Å². The molecular formula is C14H18N2O4. The summed E-state index contributed by atoms with van der Waals surface area (Å²) >= 11 is 0. The Morgan fingerprint density at radius 2 is 2.00 bits per heavy atom. The van der Waals surface area contributed by atoms with Gasteiger partial charge < -0.3 is 20.5 Å². The minimum atomic E-state index is -0.990. The fourth-order valence-electron chi connectivity index (χ4n) is 2.23. The van der Waals surface area contributed by atoms with Crippen LogP contribution in [0.15, 0.2) is 24.3 Å². The molecule has 2 atom stereocenters. The molecule has 6 heteroatoms. The van der Waals surface area contributed by atoms with Gasteiger partial charge in [-0.15, -0.1) is 0 Å². The Balaban J connectivity index is 2.05. The van der Waals surface area contributed by atoms with Crippen molar-refractivity contribution >= 4 is 17.6 Å². The first-order valence-electron chi connectivity index (χ1n) is 6.49. The van der Waals surface area contributed by atoms with E-state index in [2.05, 4.69) is 0 Å². The summed E-state index contributed by atoms with van der Waals surface area (Å²) in [5.41, 5.74) is 6.35. The molecule has 1 aliphatic rings. The van der Waals surface area contributed by atoms with Gasteiger partial charge >= 0.3 is 5.97 Å². The SMILES string of the molecule is CN(C(=O)C1CCC(CN)O1)c1ccc(C(=O)O)cc1. The maximum atomic E-state index is 12.3. The number of carboxylic acids is 1. The van der Waals surface area contributed by atoms with Gasteiger partial charge in [0.15, 0.2) is 0 Å². The number of hydrogen-bond acceptors (Lipinski definition) is 4. The Hall–Kier alpha value is -1.92. The molecule has 1 saturated heterocycles. The Morgan fingerprint density at radius 1 is 1.35 bits per heavy atom. The molecule has 0 saturated carbocycles. The number of nitrogens with two attached hydrogens (primary N) is 1. The van der Waals surface area contributed by atoms with Crippen LogP contribution in [0.2, 0.25) is 0 Å². The first kappa shape index (κ1) is 14.5. The average Bonchev–Trinajstić information content (AvgIpc) is 2.94. The summed E-state index contributed by atoms with van der Waals surface area (Å²) in [5, 5.41) is 8.84. The summed E-state index contributed by atoms with van der Waals surface area (Å²) in [7, 11) is 1.65. The normalized spacial score (nSPS) is 21.7. The molecule has 1 amide bonds. The highest BCUT2D eigenvalue weighted by Crippen LogP contribution is 2.23. The van der Waals surface area contributed by atoms with Gasteiger partial charge in [0.2, 0.25) is 0 Å². The standard InChI is InChI=1S/C14H18N2O4/c1-16(10-4-2-9(3-5-10)14(18)19)13(17)12-7-6-11(8-15)20-12/h2-5,11-12H,6-8,15H2,1H3,(H,18,19). The Morgan fingerprint density at radius 3 is 2.50 bits per heavy atom. The van der Waals surface area contributed by atoms with Crippen molar-refractivity contribution in [3.8, 4) is 0 Å². The van der Waals surface area contributed by atoms with E-state index in [1.54, 1.807) is 19.2 Å². The zero-order valence-corrected chi connectivity index (χ0v) is 11.3.